The van der Waals surface area contributed by atoms with Crippen LogP contribution in [0.15, 0.2) is 0 Å². The molecule has 0 aromatic rings. The molecule has 1 rings (SSSR count). The molecule has 1 amide bonds. The maximum Gasteiger partial charge on any atom is 0.410 e. The zero-order valence-electron chi connectivity index (χ0n) is 13.4. The molecule has 1 aliphatic heterocycles. The summed E-state index contributed by atoms with van der Waals surface area (Å²) in [6.07, 6.45) is 8.17. The molecular formula is C16H28N2O2. The minimum Gasteiger partial charge on any atom is -0.444 e. The summed E-state index contributed by atoms with van der Waals surface area (Å²) in [5.74, 6) is 2.67. The van der Waals surface area contributed by atoms with E-state index in [1.165, 1.54) is 0 Å². The molecule has 1 fully saturated rings. The van der Waals surface area contributed by atoms with Crippen molar-refractivity contribution in [2.45, 2.75) is 77.6 Å². The van der Waals surface area contributed by atoms with E-state index in [-0.39, 0.29) is 24.2 Å². The number of hydrogen-bond acceptors (Lipinski definition) is 3. The highest BCUT2D eigenvalue weighted by molar-refractivity contribution is 5.68. The number of amides is 1. The van der Waals surface area contributed by atoms with Crippen LogP contribution >= 0.6 is 0 Å². The number of likely N-dealkylation sites (tertiary alicyclic amines) is 1. The third kappa shape index (κ3) is 5.42. The summed E-state index contributed by atoms with van der Waals surface area (Å²) in [6, 6.07) is 0.591. The van der Waals surface area contributed by atoms with Gasteiger partial charge in [0.15, 0.2) is 0 Å². The van der Waals surface area contributed by atoms with Gasteiger partial charge in [0.1, 0.15) is 5.60 Å². The lowest BCUT2D eigenvalue weighted by atomic mass is 10.1. The fraction of sp³-hybridized carbons (Fsp3) is 0.812. The number of terminal acetylenes is 1. The first-order valence-corrected chi connectivity index (χ1v) is 7.44. The van der Waals surface area contributed by atoms with E-state index in [2.05, 4.69) is 18.2 Å². The van der Waals surface area contributed by atoms with Crippen LogP contribution in [0.5, 0.6) is 0 Å². The molecule has 1 heterocycles. The van der Waals surface area contributed by atoms with Gasteiger partial charge in [0.2, 0.25) is 0 Å². The van der Waals surface area contributed by atoms with Crippen LogP contribution in [0.2, 0.25) is 0 Å². The Kier molecular flexibility index (Phi) is 5.88. The van der Waals surface area contributed by atoms with Crippen molar-refractivity contribution in [3.8, 4) is 12.3 Å². The van der Waals surface area contributed by atoms with E-state index in [0.717, 1.165) is 25.8 Å². The Hall–Kier alpha value is -1.21. The highest BCUT2D eigenvalue weighted by Crippen LogP contribution is 2.24. The van der Waals surface area contributed by atoms with Gasteiger partial charge in [-0.25, -0.2) is 4.79 Å². The molecule has 0 radical (unpaired) electrons. The quantitative estimate of drug-likeness (QED) is 0.805. The predicted molar refractivity (Wildman–Crippen MR) is 81.5 cm³/mol. The maximum absolute atomic E-state index is 12.2. The summed E-state index contributed by atoms with van der Waals surface area (Å²) in [5.41, 5.74) is -0.438. The van der Waals surface area contributed by atoms with Crippen molar-refractivity contribution in [3.05, 3.63) is 0 Å². The van der Waals surface area contributed by atoms with Crippen LogP contribution < -0.4 is 5.32 Å². The largest absolute Gasteiger partial charge is 0.444 e. The molecule has 0 spiro atoms. The first-order chi connectivity index (χ1) is 9.23. The minimum atomic E-state index is -0.438. The van der Waals surface area contributed by atoms with Gasteiger partial charge in [-0.2, -0.15) is 0 Å². The van der Waals surface area contributed by atoms with Gasteiger partial charge in [0.05, 0.1) is 6.04 Å². The zero-order valence-corrected chi connectivity index (χ0v) is 13.4. The number of carbonyl (C=O) groups is 1. The van der Waals surface area contributed by atoms with Crippen molar-refractivity contribution in [1.82, 2.24) is 10.2 Å². The van der Waals surface area contributed by atoms with E-state index in [4.69, 9.17) is 11.2 Å². The van der Waals surface area contributed by atoms with Crippen LogP contribution in [0.25, 0.3) is 0 Å². The number of nitrogens with one attached hydrogen (secondary N) is 1. The molecule has 0 saturated carbocycles. The number of carbonyl (C=O) groups excluding carboxylic acids is 1. The van der Waals surface area contributed by atoms with E-state index in [1.54, 1.807) is 0 Å². The van der Waals surface area contributed by atoms with Crippen molar-refractivity contribution >= 4 is 6.09 Å². The van der Waals surface area contributed by atoms with Crippen molar-refractivity contribution < 1.29 is 9.53 Å². The fourth-order valence-electron chi connectivity index (χ4n) is 2.59. The summed E-state index contributed by atoms with van der Waals surface area (Å²) in [7, 11) is 0. The fourth-order valence-corrected chi connectivity index (χ4v) is 2.59. The van der Waals surface area contributed by atoms with Crippen molar-refractivity contribution in [2.75, 3.05) is 6.54 Å². The highest BCUT2D eigenvalue weighted by Gasteiger charge is 2.32. The van der Waals surface area contributed by atoms with Gasteiger partial charge in [-0.3, -0.25) is 0 Å². The minimum absolute atomic E-state index is 0.0568. The summed E-state index contributed by atoms with van der Waals surface area (Å²) in [5, 5.41) is 3.35. The lowest BCUT2D eigenvalue weighted by Gasteiger charge is -2.30. The third-order valence-electron chi connectivity index (χ3n) is 3.42. The Bertz CT molecular complexity index is 368. The molecule has 4 heteroatoms. The second-order valence-electron chi connectivity index (χ2n) is 6.66. The van der Waals surface area contributed by atoms with Gasteiger partial charge < -0.3 is 15.0 Å². The van der Waals surface area contributed by atoms with Crippen LogP contribution in [0, 0.1) is 12.3 Å². The molecule has 4 nitrogen and oxygen atoms in total. The second-order valence-corrected chi connectivity index (χ2v) is 6.66. The van der Waals surface area contributed by atoms with Crippen LogP contribution in [0.3, 0.4) is 0 Å². The predicted octanol–water partition coefficient (Wildman–Crippen LogP) is 2.78. The Morgan fingerprint density at radius 2 is 2.15 bits per heavy atom. The summed E-state index contributed by atoms with van der Waals surface area (Å²) < 4.78 is 5.47. The number of rotatable bonds is 4. The third-order valence-corrected chi connectivity index (χ3v) is 3.42. The maximum atomic E-state index is 12.2. The van der Waals surface area contributed by atoms with Gasteiger partial charge in [-0.05, 0) is 53.9 Å². The lowest BCUT2D eigenvalue weighted by molar-refractivity contribution is 0.0214. The van der Waals surface area contributed by atoms with Crippen LogP contribution in [0.4, 0.5) is 4.79 Å². The molecule has 1 aliphatic rings. The molecule has 1 N–H and O–H groups in total. The summed E-state index contributed by atoms with van der Waals surface area (Å²) in [6.45, 7) is 10.6. The molecule has 3 atom stereocenters. The molecule has 0 aliphatic carbocycles. The van der Waals surface area contributed by atoms with Gasteiger partial charge in [-0.15, -0.1) is 6.42 Å². The van der Waals surface area contributed by atoms with E-state index in [0.29, 0.717) is 0 Å². The second kappa shape index (κ2) is 6.99. The van der Waals surface area contributed by atoms with Gasteiger partial charge in [0.25, 0.3) is 0 Å². The van der Waals surface area contributed by atoms with Crippen molar-refractivity contribution in [3.63, 3.8) is 0 Å². The molecular weight excluding hydrogens is 252 g/mol. The summed E-state index contributed by atoms with van der Waals surface area (Å²) >= 11 is 0. The Balaban J connectivity index is 2.53. The Morgan fingerprint density at radius 3 is 2.70 bits per heavy atom. The number of ether oxygens (including phenoxy) is 1. The standard InChI is InChI=1S/C16H28N2O2/c1-7-12(2)17-13(3)11-14-9-8-10-18(14)15(19)20-16(4,5)6/h1,12-14,17H,8-11H2,2-6H3. The van der Waals surface area contributed by atoms with Crippen LogP contribution in [0.1, 0.15) is 53.9 Å². The smallest absolute Gasteiger partial charge is 0.410 e. The van der Waals surface area contributed by atoms with Crippen LogP contribution in [-0.4, -0.2) is 41.3 Å². The molecule has 20 heavy (non-hydrogen) atoms. The Morgan fingerprint density at radius 1 is 1.50 bits per heavy atom. The van der Waals surface area contributed by atoms with Gasteiger partial charge >= 0.3 is 6.09 Å². The van der Waals surface area contributed by atoms with Gasteiger partial charge in [-0.1, -0.05) is 5.92 Å². The SMILES string of the molecule is C#CC(C)NC(C)CC1CCCN1C(=O)OC(C)(C)C. The molecule has 0 aromatic heterocycles. The first-order valence-electron chi connectivity index (χ1n) is 7.44. The number of hydrogen-bond donors (Lipinski definition) is 1. The Labute approximate surface area is 123 Å². The van der Waals surface area contributed by atoms with E-state index >= 15 is 0 Å². The van der Waals surface area contributed by atoms with Crippen molar-refractivity contribution in [2.24, 2.45) is 0 Å². The average molecular weight is 280 g/mol. The highest BCUT2D eigenvalue weighted by atomic mass is 16.6. The van der Waals surface area contributed by atoms with E-state index in [1.807, 2.05) is 32.6 Å². The zero-order chi connectivity index (χ0) is 15.3. The molecule has 0 aromatic carbocycles. The average Bonchev–Trinajstić information content (AvgIpc) is 2.74. The van der Waals surface area contributed by atoms with E-state index in [9.17, 15) is 4.79 Å². The first kappa shape index (κ1) is 16.8. The molecule has 114 valence electrons. The normalized spacial score (nSPS) is 22.2. The van der Waals surface area contributed by atoms with Crippen molar-refractivity contribution in [1.29, 1.82) is 0 Å². The van der Waals surface area contributed by atoms with Crippen LogP contribution in [-0.2, 0) is 4.74 Å². The number of nitrogens with zero attached hydrogens (tertiary/aromatic N) is 1. The lowest BCUT2D eigenvalue weighted by Crippen LogP contribution is -2.43. The molecule has 0 bridgehead atoms. The molecule has 1 saturated heterocycles. The summed E-state index contributed by atoms with van der Waals surface area (Å²) in [4.78, 5) is 14.0. The molecule has 3 unspecified atom stereocenters. The van der Waals surface area contributed by atoms with E-state index < -0.39 is 5.60 Å². The van der Waals surface area contributed by atoms with Gasteiger partial charge in [0, 0.05) is 18.6 Å². The topological polar surface area (TPSA) is 41.6 Å². The monoisotopic (exact) mass is 280 g/mol.